The summed E-state index contributed by atoms with van der Waals surface area (Å²) in [5, 5.41) is 2.95. The highest BCUT2D eigenvalue weighted by Gasteiger charge is 2.50. The second kappa shape index (κ2) is 8.02. The fraction of sp³-hybridized carbons (Fsp3) is 0.636. The zero-order chi connectivity index (χ0) is 20.8. The molecule has 0 spiro atoms. The quantitative estimate of drug-likeness (QED) is 0.770. The fourth-order valence-corrected chi connectivity index (χ4v) is 6.05. The predicted molar refractivity (Wildman–Crippen MR) is 116 cm³/mol. The van der Waals surface area contributed by atoms with Crippen LogP contribution in [0.5, 0.6) is 0 Å². The van der Waals surface area contributed by atoms with Crippen molar-refractivity contribution in [3.05, 3.63) is 29.3 Å². The molecule has 1 saturated carbocycles. The van der Waals surface area contributed by atoms with E-state index >= 15 is 0 Å². The minimum atomic E-state index is -0.0265. The number of hydrogen-bond acceptors (Lipinski definition) is 5. The maximum absolute atomic E-state index is 13.3. The van der Waals surface area contributed by atoms with E-state index in [4.69, 9.17) is 11.6 Å². The highest BCUT2D eigenvalue weighted by Crippen LogP contribution is 2.37. The lowest BCUT2D eigenvalue weighted by atomic mass is 9.78. The number of amides is 2. The number of nitrogens with one attached hydrogen (secondary N) is 1. The number of fused-ring (bicyclic) bond motifs is 3. The fourth-order valence-electron chi connectivity index (χ4n) is 5.80. The molecule has 1 aliphatic carbocycles. The highest BCUT2D eigenvalue weighted by molar-refractivity contribution is 6.33. The molecule has 4 fully saturated rings. The van der Waals surface area contributed by atoms with Crippen LogP contribution in [0.2, 0.25) is 5.02 Å². The Morgan fingerprint density at radius 1 is 1.07 bits per heavy atom. The van der Waals surface area contributed by atoms with Gasteiger partial charge >= 0.3 is 0 Å². The van der Waals surface area contributed by atoms with Crippen LogP contribution in [0.3, 0.4) is 0 Å². The number of benzene rings is 1. The molecule has 0 radical (unpaired) electrons. The van der Waals surface area contributed by atoms with Crippen molar-refractivity contribution in [1.29, 1.82) is 0 Å². The number of anilines is 1. The molecule has 0 aromatic heterocycles. The number of carbonyl (C=O) groups is 2. The topological polar surface area (TPSA) is 59.1 Å². The largest absolute Gasteiger partial charge is 0.367 e. The second-order valence-corrected chi connectivity index (χ2v) is 9.38. The van der Waals surface area contributed by atoms with Gasteiger partial charge in [0, 0.05) is 57.8 Å². The van der Waals surface area contributed by atoms with E-state index in [1.165, 1.54) is 0 Å². The Labute approximate surface area is 182 Å². The molecule has 4 unspecified atom stereocenters. The molecule has 8 heteroatoms. The Hall–Kier alpha value is -1.83. The highest BCUT2D eigenvalue weighted by atomic mass is 35.5. The van der Waals surface area contributed by atoms with Crippen molar-refractivity contribution in [3.8, 4) is 0 Å². The average molecular weight is 432 g/mol. The molecule has 3 heterocycles. The van der Waals surface area contributed by atoms with E-state index in [-0.39, 0.29) is 29.8 Å². The zero-order valence-electron chi connectivity index (χ0n) is 17.5. The first-order chi connectivity index (χ1) is 14.5. The number of piperazine rings is 2. The van der Waals surface area contributed by atoms with Crippen molar-refractivity contribution in [2.24, 2.45) is 5.92 Å². The molecule has 0 bridgehead atoms. The number of halogens is 1. The van der Waals surface area contributed by atoms with E-state index in [2.05, 4.69) is 15.3 Å². The van der Waals surface area contributed by atoms with Crippen molar-refractivity contribution < 1.29 is 9.59 Å². The summed E-state index contributed by atoms with van der Waals surface area (Å²) < 4.78 is 0. The Kier molecular flexibility index (Phi) is 5.37. The predicted octanol–water partition coefficient (Wildman–Crippen LogP) is 1.58. The summed E-state index contributed by atoms with van der Waals surface area (Å²) in [6, 6.07) is 8.30. The first kappa shape index (κ1) is 20.1. The van der Waals surface area contributed by atoms with Gasteiger partial charge in [0.15, 0.2) is 0 Å². The second-order valence-electron chi connectivity index (χ2n) is 8.98. The van der Waals surface area contributed by atoms with Gasteiger partial charge in [0.05, 0.1) is 10.7 Å². The first-order valence-corrected chi connectivity index (χ1v) is 11.5. The van der Waals surface area contributed by atoms with Crippen LogP contribution >= 0.6 is 11.6 Å². The summed E-state index contributed by atoms with van der Waals surface area (Å²) in [6.07, 6.45) is 3.51. The van der Waals surface area contributed by atoms with Crippen molar-refractivity contribution >= 4 is 29.1 Å². The molecule has 4 aliphatic rings. The van der Waals surface area contributed by atoms with Crippen molar-refractivity contribution in [2.75, 3.05) is 44.7 Å². The number of rotatable bonds is 2. The van der Waals surface area contributed by atoms with E-state index in [0.29, 0.717) is 6.04 Å². The molecule has 5 rings (SSSR count). The van der Waals surface area contributed by atoms with E-state index in [9.17, 15) is 9.59 Å². The van der Waals surface area contributed by atoms with E-state index < -0.39 is 0 Å². The summed E-state index contributed by atoms with van der Waals surface area (Å²) in [5.74, 6) is 0.458. The summed E-state index contributed by atoms with van der Waals surface area (Å²) in [4.78, 5) is 32.3. The van der Waals surface area contributed by atoms with Crippen LogP contribution in [-0.4, -0.2) is 84.5 Å². The molecule has 2 amide bonds. The van der Waals surface area contributed by atoms with Crippen molar-refractivity contribution in [3.63, 3.8) is 0 Å². The van der Waals surface area contributed by atoms with Gasteiger partial charge in [0.2, 0.25) is 11.8 Å². The smallest absolute Gasteiger partial charge is 0.241 e. The molecule has 162 valence electrons. The Bertz CT molecular complexity index is 828. The summed E-state index contributed by atoms with van der Waals surface area (Å²) in [5.41, 5.74) is 4.46. The Balaban J connectivity index is 1.22. The van der Waals surface area contributed by atoms with Gasteiger partial charge in [0.25, 0.3) is 0 Å². The number of para-hydroxylation sites is 1. The maximum atomic E-state index is 13.3. The molecule has 1 N–H and O–H groups in total. The van der Waals surface area contributed by atoms with Gasteiger partial charge in [-0.25, -0.2) is 5.01 Å². The normalized spacial score (nSPS) is 32.2. The lowest BCUT2D eigenvalue weighted by Gasteiger charge is -2.51. The van der Waals surface area contributed by atoms with Crippen LogP contribution < -0.4 is 10.3 Å². The van der Waals surface area contributed by atoms with Crippen LogP contribution in [0.4, 0.5) is 5.69 Å². The molecular formula is C22H30ClN5O2. The number of carbonyl (C=O) groups excluding carboxylic acids is 2. The van der Waals surface area contributed by atoms with Crippen molar-refractivity contribution in [1.82, 2.24) is 20.2 Å². The molecular weight excluding hydrogens is 402 g/mol. The molecule has 1 aromatic rings. The van der Waals surface area contributed by atoms with Crippen LogP contribution in [0, 0.1) is 5.92 Å². The van der Waals surface area contributed by atoms with Crippen LogP contribution in [0.1, 0.15) is 25.7 Å². The van der Waals surface area contributed by atoms with Crippen LogP contribution in [0.15, 0.2) is 24.3 Å². The third-order valence-electron chi connectivity index (χ3n) is 7.45. The SMILES string of the molecule is CN1C(=O)C2CCNN2C2CCC(C(=O)N3CCN(c4ccccc4Cl)CC3)CC21. The molecule has 3 aliphatic heterocycles. The molecule has 30 heavy (non-hydrogen) atoms. The van der Waals surface area contributed by atoms with Gasteiger partial charge in [0.1, 0.15) is 6.04 Å². The third-order valence-corrected chi connectivity index (χ3v) is 7.77. The standard InChI is InChI=1S/C22H30ClN5O2/c1-25-20-14-15(6-7-18(20)28-19(22(25)30)8-9-24-28)21(29)27-12-10-26(11-13-27)17-5-3-2-4-16(17)23/h2-5,15,18-20,24H,6-14H2,1H3. The van der Waals surface area contributed by atoms with Gasteiger partial charge in [-0.1, -0.05) is 23.7 Å². The molecule has 4 atom stereocenters. The van der Waals surface area contributed by atoms with Crippen LogP contribution in [-0.2, 0) is 9.59 Å². The van der Waals surface area contributed by atoms with Gasteiger partial charge in [-0.3, -0.25) is 15.0 Å². The Morgan fingerprint density at radius 2 is 1.83 bits per heavy atom. The molecule has 3 saturated heterocycles. The van der Waals surface area contributed by atoms with E-state index in [1.54, 1.807) is 0 Å². The number of hydrogen-bond donors (Lipinski definition) is 1. The summed E-state index contributed by atoms with van der Waals surface area (Å²) >= 11 is 6.34. The van der Waals surface area contributed by atoms with Gasteiger partial charge in [-0.15, -0.1) is 0 Å². The lowest BCUT2D eigenvalue weighted by Crippen LogP contribution is -2.67. The molecule has 7 nitrogen and oxygen atoms in total. The average Bonchev–Trinajstić information content (AvgIpc) is 3.27. The maximum Gasteiger partial charge on any atom is 0.241 e. The minimum absolute atomic E-state index is 0.00696. The third kappa shape index (κ3) is 3.37. The minimum Gasteiger partial charge on any atom is -0.367 e. The number of hydrazine groups is 1. The van der Waals surface area contributed by atoms with Crippen LogP contribution in [0.25, 0.3) is 0 Å². The van der Waals surface area contributed by atoms with E-state index in [1.807, 2.05) is 41.1 Å². The number of nitrogens with zero attached hydrogens (tertiary/aromatic N) is 4. The first-order valence-electron chi connectivity index (χ1n) is 11.1. The van der Waals surface area contributed by atoms with E-state index in [0.717, 1.165) is 69.1 Å². The van der Waals surface area contributed by atoms with Gasteiger partial charge in [-0.05, 0) is 37.8 Å². The number of likely N-dealkylation sites (N-methyl/N-ethyl adjacent to an activating group) is 1. The summed E-state index contributed by atoms with van der Waals surface area (Å²) in [7, 11) is 1.92. The monoisotopic (exact) mass is 431 g/mol. The molecule has 1 aromatic carbocycles. The summed E-state index contributed by atoms with van der Waals surface area (Å²) in [6.45, 7) is 3.90. The zero-order valence-corrected chi connectivity index (χ0v) is 18.2. The van der Waals surface area contributed by atoms with Gasteiger partial charge < -0.3 is 14.7 Å². The van der Waals surface area contributed by atoms with Gasteiger partial charge in [-0.2, -0.15) is 0 Å². The lowest BCUT2D eigenvalue weighted by molar-refractivity contribution is -0.155. The Morgan fingerprint density at radius 3 is 2.60 bits per heavy atom. The van der Waals surface area contributed by atoms with Crippen molar-refractivity contribution in [2.45, 2.75) is 43.8 Å².